The highest BCUT2D eigenvalue weighted by molar-refractivity contribution is 5.98. The van der Waals surface area contributed by atoms with Crippen LogP contribution in [0.3, 0.4) is 0 Å². The van der Waals surface area contributed by atoms with Crippen molar-refractivity contribution >= 4 is 33.9 Å². The van der Waals surface area contributed by atoms with E-state index in [2.05, 4.69) is 4.98 Å². The maximum atomic E-state index is 12.6. The first-order valence-electron chi connectivity index (χ1n) is 6.78. The van der Waals surface area contributed by atoms with Crippen LogP contribution in [0.5, 0.6) is 0 Å². The molecule has 0 aliphatic heterocycles. The molecule has 3 rings (SSSR count). The molecule has 120 valence electrons. The molecule has 0 radical (unpaired) electrons. The van der Waals surface area contributed by atoms with Crippen molar-refractivity contribution in [3.05, 3.63) is 45.6 Å². The number of carboxylic acid groups (broad SMARTS) is 1. The van der Waals surface area contributed by atoms with E-state index in [9.17, 15) is 9.59 Å². The minimum atomic E-state index is -1.23. The average Bonchev–Trinajstić information content (AvgIpc) is 2.46. The van der Waals surface area contributed by atoms with E-state index in [4.69, 9.17) is 15.3 Å². The molecule has 0 bridgehead atoms. The SMILES string of the molecule is CC(C)c1ccc2oc3nc(N)c(C(=O)O)cc3c(=O)c2c1.[NH4+]. The normalized spacial score (nSPS) is 10.9. The molecule has 0 aliphatic rings. The molecule has 0 saturated heterocycles. The zero-order valence-electron chi connectivity index (χ0n) is 13.1. The number of aromatic carboxylic acids is 1. The molecule has 7 heteroatoms. The van der Waals surface area contributed by atoms with Gasteiger partial charge in [-0.1, -0.05) is 19.9 Å². The predicted molar refractivity (Wildman–Crippen MR) is 89.2 cm³/mol. The lowest BCUT2D eigenvalue weighted by Gasteiger charge is -2.07. The Hall–Kier alpha value is -2.93. The standard InChI is InChI=1S/C16H14N2O4.H3N/c1-7(2)8-3-4-12-9(5-8)13(19)10-6-11(16(20)21)14(17)18-15(10)22-12;/h3-7H,1-2H3,(H2,17,18)(H,20,21);1H3/p+1. The van der Waals surface area contributed by atoms with Crippen molar-refractivity contribution in [3.8, 4) is 0 Å². The van der Waals surface area contributed by atoms with Crippen LogP contribution in [-0.2, 0) is 0 Å². The minimum Gasteiger partial charge on any atom is -0.478 e. The number of hydrogen-bond acceptors (Lipinski definition) is 5. The second-order valence-electron chi connectivity index (χ2n) is 5.42. The number of pyridine rings is 1. The molecular formula is C16H18N3O4+. The number of nitrogen functional groups attached to an aromatic ring is 1. The number of quaternary nitrogens is 1. The van der Waals surface area contributed by atoms with Gasteiger partial charge in [-0.3, -0.25) is 4.79 Å². The Morgan fingerprint density at radius 1 is 1.26 bits per heavy atom. The lowest BCUT2D eigenvalue weighted by molar-refractivity contribution is 0.0698. The smallest absolute Gasteiger partial charge is 0.339 e. The lowest BCUT2D eigenvalue weighted by atomic mass is 10.0. The monoisotopic (exact) mass is 316 g/mol. The Kier molecular flexibility index (Phi) is 4.07. The fourth-order valence-electron chi connectivity index (χ4n) is 2.34. The van der Waals surface area contributed by atoms with Gasteiger partial charge < -0.3 is 21.4 Å². The van der Waals surface area contributed by atoms with Gasteiger partial charge in [0.15, 0.2) is 0 Å². The summed E-state index contributed by atoms with van der Waals surface area (Å²) in [6.07, 6.45) is 0. The van der Waals surface area contributed by atoms with Gasteiger partial charge in [-0.05, 0) is 29.7 Å². The van der Waals surface area contributed by atoms with Crippen molar-refractivity contribution in [2.45, 2.75) is 19.8 Å². The molecule has 0 spiro atoms. The third-order valence-corrected chi connectivity index (χ3v) is 3.61. The van der Waals surface area contributed by atoms with Crippen LogP contribution >= 0.6 is 0 Å². The third kappa shape index (κ3) is 2.62. The molecule has 0 atom stereocenters. The van der Waals surface area contributed by atoms with E-state index in [1.54, 1.807) is 12.1 Å². The fourth-order valence-corrected chi connectivity index (χ4v) is 2.34. The van der Waals surface area contributed by atoms with E-state index in [-0.39, 0.29) is 40.0 Å². The second kappa shape index (κ2) is 5.69. The molecule has 0 unspecified atom stereocenters. The molecule has 0 saturated carbocycles. The molecule has 1 aromatic carbocycles. The summed E-state index contributed by atoms with van der Waals surface area (Å²) in [4.78, 5) is 27.6. The maximum Gasteiger partial charge on any atom is 0.339 e. The van der Waals surface area contributed by atoms with E-state index in [1.807, 2.05) is 19.9 Å². The first kappa shape index (κ1) is 16.4. The van der Waals surface area contributed by atoms with Gasteiger partial charge in [0.1, 0.15) is 17.0 Å². The van der Waals surface area contributed by atoms with Crippen LogP contribution in [0.25, 0.3) is 22.1 Å². The molecule has 0 fully saturated rings. The molecule has 2 heterocycles. The number of nitrogens with zero attached hydrogens (tertiary/aromatic N) is 1. The van der Waals surface area contributed by atoms with E-state index in [0.29, 0.717) is 11.0 Å². The van der Waals surface area contributed by atoms with Gasteiger partial charge >= 0.3 is 5.97 Å². The van der Waals surface area contributed by atoms with E-state index >= 15 is 0 Å². The molecule has 7 N–H and O–H groups in total. The van der Waals surface area contributed by atoms with Gasteiger partial charge in [0.05, 0.1) is 10.8 Å². The molecular weight excluding hydrogens is 298 g/mol. The number of carbonyl (C=O) groups is 1. The number of anilines is 1. The van der Waals surface area contributed by atoms with Gasteiger partial charge in [0, 0.05) is 0 Å². The molecule has 7 nitrogen and oxygen atoms in total. The number of carboxylic acids is 1. The summed E-state index contributed by atoms with van der Waals surface area (Å²) in [6.45, 7) is 4.04. The van der Waals surface area contributed by atoms with Crippen LogP contribution in [0.2, 0.25) is 0 Å². The summed E-state index contributed by atoms with van der Waals surface area (Å²) in [6, 6.07) is 6.58. The largest absolute Gasteiger partial charge is 0.478 e. The van der Waals surface area contributed by atoms with Crippen molar-refractivity contribution in [1.29, 1.82) is 0 Å². The zero-order chi connectivity index (χ0) is 16.0. The van der Waals surface area contributed by atoms with Crippen LogP contribution in [0, 0.1) is 0 Å². The summed E-state index contributed by atoms with van der Waals surface area (Å²) in [5, 5.41) is 9.61. The van der Waals surface area contributed by atoms with Crippen LogP contribution in [-0.4, -0.2) is 16.1 Å². The number of aromatic nitrogens is 1. The van der Waals surface area contributed by atoms with Gasteiger partial charge in [-0.15, -0.1) is 0 Å². The summed E-state index contributed by atoms with van der Waals surface area (Å²) in [5.41, 5.74) is 6.51. The lowest BCUT2D eigenvalue weighted by Crippen LogP contribution is -2.09. The van der Waals surface area contributed by atoms with E-state index in [1.165, 1.54) is 6.07 Å². The summed E-state index contributed by atoms with van der Waals surface area (Å²) >= 11 is 0. The van der Waals surface area contributed by atoms with Crippen LogP contribution in [0.4, 0.5) is 5.82 Å². The topological polar surface area (TPSA) is 143 Å². The number of rotatable bonds is 2. The highest BCUT2D eigenvalue weighted by atomic mass is 16.4. The number of fused-ring (bicyclic) bond motifs is 2. The van der Waals surface area contributed by atoms with Gasteiger partial charge in [0.2, 0.25) is 11.1 Å². The van der Waals surface area contributed by atoms with Gasteiger partial charge in [0.25, 0.3) is 0 Å². The minimum absolute atomic E-state index is 0. The van der Waals surface area contributed by atoms with Crippen LogP contribution in [0.1, 0.15) is 35.7 Å². The number of benzene rings is 1. The molecule has 23 heavy (non-hydrogen) atoms. The Bertz CT molecular complexity index is 976. The van der Waals surface area contributed by atoms with Crippen LogP contribution in [0.15, 0.2) is 33.5 Å². The molecule has 0 amide bonds. The Morgan fingerprint density at radius 2 is 1.96 bits per heavy atom. The van der Waals surface area contributed by atoms with E-state index in [0.717, 1.165) is 5.56 Å². The maximum absolute atomic E-state index is 12.6. The Labute approximate surface area is 131 Å². The predicted octanol–water partition coefficient (Wildman–Crippen LogP) is 3.12. The Morgan fingerprint density at radius 3 is 2.57 bits per heavy atom. The molecule has 0 aliphatic carbocycles. The quantitative estimate of drug-likeness (QED) is 0.620. The average molecular weight is 316 g/mol. The molecule has 2 aromatic heterocycles. The van der Waals surface area contributed by atoms with Crippen molar-refractivity contribution in [1.82, 2.24) is 11.1 Å². The van der Waals surface area contributed by atoms with E-state index < -0.39 is 5.97 Å². The highest BCUT2D eigenvalue weighted by Gasteiger charge is 2.16. The fraction of sp³-hybridized carbons (Fsp3) is 0.188. The molecule has 3 aromatic rings. The van der Waals surface area contributed by atoms with Crippen LogP contribution < -0.4 is 17.3 Å². The first-order valence-corrected chi connectivity index (χ1v) is 6.78. The van der Waals surface area contributed by atoms with Crippen molar-refractivity contribution in [2.24, 2.45) is 0 Å². The van der Waals surface area contributed by atoms with Crippen molar-refractivity contribution in [2.75, 3.05) is 5.73 Å². The highest BCUT2D eigenvalue weighted by Crippen LogP contribution is 2.24. The zero-order valence-corrected chi connectivity index (χ0v) is 13.1. The summed E-state index contributed by atoms with van der Waals surface area (Å²) < 4.78 is 5.59. The summed E-state index contributed by atoms with van der Waals surface area (Å²) in [5.74, 6) is -1.15. The second-order valence-corrected chi connectivity index (χ2v) is 5.42. The van der Waals surface area contributed by atoms with Crippen molar-refractivity contribution < 1.29 is 14.3 Å². The number of nitrogens with two attached hydrogens (primary N) is 1. The summed E-state index contributed by atoms with van der Waals surface area (Å²) in [7, 11) is 0. The van der Waals surface area contributed by atoms with Gasteiger partial charge in [-0.25, -0.2) is 4.79 Å². The van der Waals surface area contributed by atoms with Crippen molar-refractivity contribution in [3.63, 3.8) is 0 Å². The van der Waals surface area contributed by atoms with Gasteiger partial charge in [-0.2, -0.15) is 4.98 Å². The first-order chi connectivity index (χ1) is 10.4. The Balaban J connectivity index is 0.00000192. The number of hydrogen-bond donors (Lipinski definition) is 3. The third-order valence-electron chi connectivity index (χ3n) is 3.61.